The van der Waals surface area contributed by atoms with E-state index >= 15 is 0 Å². The molecule has 0 heterocycles. The number of carbonyl (C=O) groups excluding carboxylic acids is 1. The van der Waals surface area contributed by atoms with Crippen LogP contribution in [0.1, 0.15) is 30.6 Å². The zero-order chi connectivity index (χ0) is 12.1. The molecule has 0 fully saturated rings. The second kappa shape index (κ2) is 5.75. The topological polar surface area (TPSA) is 52.3 Å². The standard InChI is InChI=1S/C12H16ClNO2/c1-3-8(2)7-16-12(15)10-6-9(14)4-5-11(10)13/h4-6,8H,3,7,14H2,1-2H3. The van der Waals surface area contributed by atoms with Gasteiger partial charge in [0.25, 0.3) is 0 Å². The predicted octanol–water partition coefficient (Wildman–Crippen LogP) is 3.13. The van der Waals surface area contributed by atoms with Crippen molar-refractivity contribution in [2.45, 2.75) is 20.3 Å². The Morgan fingerprint density at radius 2 is 2.25 bits per heavy atom. The van der Waals surface area contributed by atoms with Gasteiger partial charge in [-0.15, -0.1) is 0 Å². The monoisotopic (exact) mass is 241 g/mol. The minimum Gasteiger partial charge on any atom is -0.462 e. The lowest BCUT2D eigenvalue weighted by molar-refractivity contribution is 0.0447. The lowest BCUT2D eigenvalue weighted by atomic mass is 10.1. The van der Waals surface area contributed by atoms with Gasteiger partial charge >= 0.3 is 5.97 Å². The van der Waals surface area contributed by atoms with Gasteiger partial charge in [0.15, 0.2) is 0 Å². The van der Waals surface area contributed by atoms with Gasteiger partial charge in [0.1, 0.15) is 0 Å². The first-order valence-corrected chi connectivity index (χ1v) is 5.64. The summed E-state index contributed by atoms with van der Waals surface area (Å²) in [6.45, 7) is 4.47. The van der Waals surface area contributed by atoms with Crippen molar-refractivity contribution >= 4 is 23.3 Å². The molecule has 3 nitrogen and oxygen atoms in total. The second-order valence-electron chi connectivity index (χ2n) is 3.85. The van der Waals surface area contributed by atoms with E-state index in [4.69, 9.17) is 22.1 Å². The Morgan fingerprint density at radius 1 is 1.56 bits per heavy atom. The number of anilines is 1. The van der Waals surface area contributed by atoms with E-state index in [0.717, 1.165) is 6.42 Å². The summed E-state index contributed by atoms with van der Waals surface area (Å²) in [6.07, 6.45) is 0.970. The first kappa shape index (κ1) is 12.8. The zero-order valence-corrected chi connectivity index (χ0v) is 10.3. The summed E-state index contributed by atoms with van der Waals surface area (Å²) in [5, 5.41) is 0.364. The molecule has 1 aromatic rings. The summed E-state index contributed by atoms with van der Waals surface area (Å²) in [6, 6.07) is 4.77. The molecule has 0 aliphatic carbocycles. The van der Waals surface area contributed by atoms with Crippen LogP contribution in [0.3, 0.4) is 0 Å². The number of benzene rings is 1. The number of nitrogens with two attached hydrogens (primary N) is 1. The number of ether oxygens (including phenoxy) is 1. The summed E-state index contributed by atoms with van der Waals surface area (Å²) in [4.78, 5) is 11.7. The first-order valence-electron chi connectivity index (χ1n) is 5.26. The summed E-state index contributed by atoms with van der Waals surface area (Å²) >= 11 is 5.88. The molecule has 1 rings (SSSR count). The Kier molecular flexibility index (Phi) is 4.62. The molecular weight excluding hydrogens is 226 g/mol. The fraction of sp³-hybridized carbons (Fsp3) is 0.417. The first-order chi connectivity index (χ1) is 7.54. The van der Waals surface area contributed by atoms with Gasteiger partial charge in [0.05, 0.1) is 17.2 Å². The van der Waals surface area contributed by atoms with Crippen molar-refractivity contribution < 1.29 is 9.53 Å². The van der Waals surface area contributed by atoms with Crippen LogP contribution in [0, 0.1) is 5.92 Å². The van der Waals surface area contributed by atoms with Crippen LogP contribution in [0.2, 0.25) is 5.02 Å². The lowest BCUT2D eigenvalue weighted by Gasteiger charge is -2.10. The van der Waals surface area contributed by atoms with Crippen LogP contribution in [-0.2, 0) is 4.74 Å². The third-order valence-electron chi connectivity index (χ3n) is 2.41. The molecule has 88 valence electrons. The molecule has 4 heteroatoms. The average molecular weight is 242 g/mol. The molecule has 1 atom stereocenters. The van der Waals surface area contributed by atoms with Crippen molar-refractivity contribution in [2.75, 3.05) is 12.3 Å². The van der Waals surface area contributed by atoms with E-state index in [-0.39, 0.29) is 0 Å². The molecule has 1 aromatic carbocycles. The van der Waals surface area contributed by atoms with Crippen LogP contribution < -0.4 is 5.73 Å². The molecule has 1 unspecified atom stereocenters. The Morgan fingerprint density at radius 3 is 2.88 bits per heavy atom. The highest BCUT2D eigenvalue weighted by Crippen LogP contribution is 2.20. The average Bonchev–Trinajstić information content (AvgIpc) is 2.28. The largest absolute Gasteiger partial charge is 0.462 e. The van der Waals surface area contributed by atoms with Gasteiger partial charge in [-0.2, -0.15) is 0 Å². The third kappa shape index (κ3) is 3.42. The molecule has 0 amide bonds. The maximum atomic E-state index is 11.7. The number of carbonyl (C=O) groups is 1. The highest BCUT2D eigenvalue weighted by molar-refractivity contribution is 6.33. The van der Waals surface area contributed by atoms with E-state index in [1.54, 1.807) is 12.1 Å². The van der Waals surface area contributed by atoms with Gasteiger partial charge in [-0.25, -0.2) is 4.79 Å². The van der Waals surface area contributed by atoms with Gasteiger partial charge in [-0.05, 0) is 24.1 Å². The second-order valence-corrected chi connectivity index (χ2v) is 4.26. The maximum absolute atomic E-state index is 11.7. The van der Waals surface area contributed by atoms with Crippen molar-refractivity contribution in [1.29, 1.82) is 0 Å². The molecule has 2 N–H and O–H groups in total. The van der Waals surface area contributed by atoms with Crippen molar-refractivity contribution in [2.24, 2.45) is 5.92 Å². The quantitative estimate of drug-likeness (QED) is 0.651. The summed E-state index contributed by atoms with van der Waals surface area (Å²) in [7, 11) is 0. The number of halogens is 1. The molecular formula is C12H16ClNO2. The molecule has 0 aliphatic rings. The van der Waals surface area contributed by atoms with Gasteiger partial charge in [0, 0.05) is 5.69 Å². The predicted molar refractivity (Wildman–Crippen MR) is 65.6 cm³/mol. The van der Waals surface area contributed by atoms with E-state index in [1.807, 2.05) is 13.8 Å². The molecule has 0 spiro atoms. The summed E-state index contributed by atoms with van der Waals surface area (Å²) in [5.41, 5.74) is 6.40. The van der Waals surface area contributed by atoms with Gasteiger partial charge < -0.3 is 10.5 Å². The third-order valence-corrected chi connectivity index (χ3v) is 2.74. The normalized spacial score (nSPS) is 12.2. The molecule has 16 heavy (non-hydrogen) atoms. The molecule has 0 radical (unpaired) electrons. The summed E-state index contributed by atoms with van der Waals surface area (Å²) < 4.78 is 5.14. The lowest BCUT2D eigenvalue weighted by Crippen LogP contribution is -2.12. The minimum atomic E-state index is -0.419. The van der Waals surface area contributed by atoms with Crippen LogP contribution in [-0.4, -0.2) is 12.6 Å². The van der Waals surface area contributed by atoms with E-state index in [2.05, 4.69) is 0 Å². The van der Waals surface area contributed by atoms with Crippen LogP contribution in [0.4, 0.5) is 5.69 Å². The SMILES string of the molecule is CCC(C)COC(=O)c1cc(N)ccc1Cl. The number of rotatable bonds is 4. The highest BCUT2D eigenvalue weighted by atomic mass is 35.5. The van der Waals surface area contributed by atoms with E-state index in [9.17, 15) is 4.79 Å². The molecule has 0 saturated heterocycles. The molecule has 0 aromatic heterocycles. The van der Waals surface area contributed by atoms with Crippen molar-refractivity contribution in [3.05, 3.63) is 28.8 Å². The molecule has 0 bridgehead atoms. The number of hydrogen-bond donors (Lipinski definition) is 1. The van der Waals surface area contributed by atoms with Gasteiger partial charge in [-0.1, -0.05) is 31.9 Å². The van der Waals surface area contributed by atoms with Crippen LogP contribution in [0.5, 0.6) is 0 Å². The summed E-state index contributed by atoms with van der Waals surface area (Å²) in [5.74, 6) is -0.0682. The van der Waals surface area contributed by atoms with E-state index < -0.39 is 5.97 Å². The van der Waals surface area contributed by atoms with Gasteiger partial charge in [0.2, 0.25) is 0 Å². The minimum absolute atomic E-state index is 0.324. The fourth-order valence-electron chi connectivity index (χ4n) is 1.11. The zero-order valence-electron chi connectivity index (χ0n) is 9.50. The van der Waals surface area contributed by atoms with E-state index in [1.165, 1.54) is 6.07 Å². The van der Waals surface area contributed by atoms with Crippen molar-refractivity contribution in [3.8, 4) is 0 Å². The Labute approximate surface area is 101 Å². The highest BCUT2D eigenvalue weighted by Gasteiger charge is 2.13. The molecule has 0 aliphatic heterocycles. The molecule has 0 saturated carbocycles. The van der Waals surface area contributed by atoms with Crippen LogP contribution >= 0.6 is 11.6 Å². The van der Waals surface area contributed by atoms with Gasteiger partial charge in [-0.3, -0.25) is 0 Å². The van der Waals surface area contributed by atoms with Crippen LogP contribution in [0.25, 0.3) is 0 Å². The number of hydrogen-bond acceptors (Lipinski definition) is 3. The Balaban J connectivity index is 2.69. The van der Waals surface area contributed by atoms with Crippen molar-refractivity contribution in [1.82, 2.24) is 0 Å². The smallest absolute Gasteiger partial charge is 0.339 e. The maximum Gasteiger partial charge on any atom is 0.339 e. The van der Waals surface area contributed by atoms with E-state index in [0.29, 0.717) is 28.8 Å². The number of nitrogen functional groups attached to an aromatic ring is 1. The van der Waals surface area contributed by atoms with Crippen molar-refractivity contribution in [3.63, 3.8) is 0 Å². The Hall–Kier alpha value is -1.22. The van der Waals surface area contributed by atoms with Crippen LogP contribution in [0.15, 0.2) is 18.2 Å². The number of esters is 1. The Bertz CT molecular complexity index is 379. The fourth-order valence-corrected chi connectivity index (χ4v) is 1.31.